The Morgan fingerprint density at radius 2 is 2.11 bits per heavy atom. The van der Waals surface area contributed by atoms with Gasteiger partial charge in [-0.2, -0.15) is 0 Å². The molecule has 104 valence electrons. The van der Waals surface area contributed by atoms with E-state index >= 15 is 0 Å². The van der Waals surface area contributed by atoms with Crippen LogP contribution in [0.4, 0.5) is 8.78 Å². The van der Waals surface area contributed by atoms with Crippen molar-refractivity contribution in [2.75, 3.05) is 13.1 Å². The molecule has 2 nitrogen and oxygen atoms in total. The smallest absolute Gasteiger partial charge is 0.126 e. The van der Waals surface area contributed by atoms with E-state index in [0.717, 1.165) is 38.1 Å². The zero-order chi connectivity index (χ0) is 13.5. The van der Waals surface area contributed by atoms with Crippen molar-refractivity contribution in [2.24, 2.45) is 0 Å². The monoisotopic (exact) mass is 267 g/mol. The molecule has 0 spiro atoms. The number of hydrogen-bond donors (Lipinski definition) is 1. The summed E-state index contributed by atoms with van der Waals surface area (Å²) in [6, 6.07) is 3.56. The van der Waals surface area contributed by atoms with E-state index in [4.69, 9.17) is 0 Å². The van der Waals surface area contributed by atoms with Crippen LogP contribution in [0, 0.1) is 11.6 Å². The van der Waals surface area contributed by atoms with Crippen LogP contribution in [-0.2, 0) is 6.42 Å². The predicted octanol–water partition coefficient (Wildman–Crippen LogP) is 2.50. The number of halogens is 2. The third-order valence-electron chi connectivity index (χ3n) is 4.57. The zero-order valence-electron chi connectivity index (χ0n) is 10.9. The van der Waals surface area contributed by atoms with Gasteiger partial charge in [-0.05, 0) is 49.6 Å². The Kier molecular flexibility index (Phi) is 3.31. The maximum absolute atomic E-state index is 13.7. The highest BCUT2D eigenvalue weighted by Crippen LogP contribution is 2.37. The van der Waals surface area contributed by atoms with Gasteiger partial charge in [0, 0.05) is 19.0 Å². The van der Waals surface area contributed by atoms with Crippen LogP contribution in [0.25, 0.3) is 0 Å². The highest BCUT2D eigenvalue weighted by atomic mass is 19.1. The van der Waals surface area contributed by atoms with Gasteiger partial charge in [-0.3, -0.25) is 4.90 Å². The van der Waals surface area contributed by atoms with Gasteiger partial charge in [0.25, 0.3) is 0 Å². The molecule has 4 heteroatoms. The van der Waals surface area contributed by atoms with Gasteiger partial charge in [0.1, 0.15) is 11.6 Å². The van der Waals surface area contributed by atoms with Crippen molar-refractivity contribution in [3.63, 3.8) is 0 Å². The molecule has 0 radical (unpaired) electrons. The second kappa shape index (κ2) is 4.84. The largest absolute Gasteiger partial charge is 0.388 e. The highest BCUT2D eigenvalue weighted by molar-refractivity contribution is 5.22. The van der Waals surface area contributed by atoms with Crippen LogP contribution < -0.4 is 0 Å². The van der Waals surface area contributed by atoms with E-state index < -0.39 is 17.2 Å². The molecule has 2 heterocycles. The SMILES string of the molecule is OC1(Cc2cc(F)ccc2F)CCN2CCCCC21. The molecule has 2 aliphatic rings. The molecule has 2 unspecified atom stereocenters. The first-order valence-corrected chi connectivity index (χ1v) is 6.99. The number of fused-ring (bicyclic) bond motifs is 1. The summed E-state index contributed by atoms with van der Waals surface area (Å²) in [5, 5.41) is 10.8. The first kappa shape index (κ1) is 13.0. The van der Waals surface area contributed by atoms with Crippen LogP contribution in [0.3, 0.4) is 0 Å². The summed E-state index contributed by atoms with van der Waals surface area (Å²) in [6.45, 7) is 1.87. The second-order valence-electron chi connectivity index (χ2n) is 5.81. The summed E-state index contributed by atoms with van der Waals surface area (Å²) in [4.78, 5) is 2.29. The molecule has 2 fully saturated rings. The number of aliphatic hydroxyl groups is 1. The van der Waals surface area contributed by atoms with Crippen molar-refractivity contribution in [1.82, 2.24) is 4.90 Å². The molecule has 0 aliphatic carbocycles. The van der Waals surface area contributed by atoms with Gasteiger partial charge in [-0.1, -0.05) is 6.42 Å². The third-order valence-corrected chi connectivity index (χ3v) is 4.57. The van der Waals surface area contributed by atoms with E-state index in [9.17, 15) is 13.9 Å². The molecule has 1 aromatic rings. The van der Waals surface area contributed by atoms with Crippen LogP contribution in [0.5, 0.6) is 0 Å². The molecule has 1 N–H and O–H groups in total. The summed E-state index contributed by atoms with van der Waals surface area (Å²) < 4.78 is 26.9. The van der Waals surface area contributed by atoms with Gasteiger partial charge in [0.05, 0.1) is 5.60 Å². The topological polar surface area (TPSA) is 23.5 Å². The Labute approximate surface area is 112 Å². The lowest BCUT2D eigenvalue weighted by Crippen LogP contribution is -2.48. The summed E-state index contributed by atoms with van der Waals surface area (Å²) in [6.07, 6.45) is 4.08. The van der Waals surface area contributed by atoms with E-state index in [0.29, 0.717) is 6.42 Å². The van der Waals surface area contributed by atoms with Crippen molar-refractivity contribution in [3.05, 3.63) is 35.4 Å². The molecule has 2 aliphatic heterocycles. The van der Waals surface area contributed by atoms with Crippen molar-refractivity contribution < 1.29 is 13.9 Å². The quantitative estimate of drug-likeness (QED) is 0.890. The average Bonchev–Trinajstić information content (AvgIpc) is 2.73. The molecular weight excluding hydrogens is 248 g/mol. The molecule has 0 saturated carbocycles. The Morgan fingerprint density at radius 3 is 2.95 bits per heavy atom. The Morgan fingerprint density at radius 1 is 1.26 bits per heavy atom. The minimum Gasteiger partial charge on any atom is -0.388 e. The Bertz CT molecular complexity index is 479. The fourth-order valence-electron chi connectivity index (χ4n) is 3.59. The van der Waals surface area contributed by atoms with Gasteiger partial charge >= 0.3 is 0 Å². The summed E-state index contributed by atoms with van der Waals surface area (Å²) >= 11 is 0. The Hall–Kier alpha value is -1.00. The van der Waals surface area contributed by atoms with Crippen molar-refractivity contribution in [2.45, 2.75) is 43.7 Å². The average molecular weight is 267 g/mol. The molecule has 0 amide bonds. The minimum atomic E-state index is -0.908. The second-order valence-corrected chi connectivity index (χ2v) is 5.81. The number of hydrogen-bond acceptors (Lipinski definition) is 2. The van der Waals surface area contributed by atoms with Gasteiger partial charge in [-0.25, -0.2) is 8.78 Å². The van der Waals surface area contributed by atoms with Crippen LogP contribution in [-0.4, -0.2) is 34.7 Å². The van der Waals surface area contributed by atoms with Crippen LogP contribution in [0.1, 0.15) is 31.2 Å². The highest BCUT2D eigenvalue weighted by Gasteiger charge is 2.46. The first-order valence-electron chi connectivity index (χ1n) is 6.99. The maximum atomic E-state index is 13.7. The summed E-state index contributed by atoms with van der Waals surface area (Å²) in [5.74, 6) is -0.873. The van der Waals surface area contributed by atoms with Crippen LogP contribution >= 0.6 is 0 Å². The lowest BCUT2D eigenvalue weighted by atomic mass is 9.83. The van der Waals surface area contributed by atoms with Crippen LogP contribution in [0.15, 0.2) is 18.2 Å². The maximum Gasteiger partial charge on any atom is 0.126 e. The van der Waals surface area contributed by atoms with E-state index in [2.05, 4.69) is 4.90 Å². The van der Waals surface area contributed by atoms with E-state index in [1.807, 2.05) is 0 Å². The zero-order valence-corrected chi connectivity index (χ0v) is 10.9. The molecule has 1 aromatic carbocycles. The molecule has 19 heavy (non-hydrogen) atoms. The number of benzene rings is 1. The van der Waals surface area contributed by atoms with Crippen molar-refractivity contribution in [1.29, 1.82) is 0 Å². The fourth-order valence-corrected chi connectivity index (χ4v) is 3.59. The van der Waals surface area contributed by atoms with Gasteiger partial charge in [-0.15, -0.1) is 0 Å². The van der Waals surface area contributed by atoms with E-state index in [1.165, 1.54) is 12.5 Å². The fraction of sp³-hybridized carbons (Fsp3) is 0.600. The van der Waals surface area contributed by atoms with Crippen molar-refractivity contribution in [3.8, 4) is 0 Å². The number of rotatable bonds is 2. The standard InChI is InChI=1S/C15H19F2NO/c16-12-4-5-13(17)11(9-12)10-15(19)6-8-18-7-2-1-3-14(15)18/h4-5,9,14,19H,1-3,6-8,10H2. The molecule has 0 aromatic heterocycles. The molecule has 0 bridgehead atoms. The van der Waals surface area contributed by atoms with Gasteiger partial charge < -0.3 is 5.11 Å². The van der Waals surface area contributed by atoms with E-state index in [-0.39, 0.29) is 18.0 Å². The predicted molar refractivity (Wildman–Crippen MR) is 68.8 cm³/mol. The lowest BCUT2D eigenvalue weighted by molar-refractivity contribution is -0.00948. The first-order chi connectivity index (χ1) is 9.08. The number of piperidine rings is 1. The lowest BCUT2D eigenvalue weighted by Gasteiger charge is -2.37. The number of nitrogens with zero attached hydrogens (tertiary/aromatic N) is 1. The minimum absolute atomic E-state index is 0.101. The van der Waals surface area contributed by atoms with Crippen molar-refractivity contribution >= 4 is 0 Å². The molecule has 3 rings (SSSR count). The van der Waals surface area contributed by atoms with Gasteiger partial charge in [0.2, 0.25) is 0 Å². The third kappa shape index (κ3) is 2.39. The Balaban J connectivity index is 1.83. The van der Waals surface area contributed by atoms with Crippen LogP contribution in [0.2, 0.25) is 0 Å². The molecular formula is C15H19F2NO. The van der Waals surface area contributed by atoms with Gasteiger partial charge in [0.15, 0.2) is 0 Å². The van der Waals surface area contributed by atoms with E-state index in [1.54, 1.807) is 0 Å². The molecule has 2 atom stereocenters. The summed E-state index contributed by atoms with van der Waals surface area (Å²) in [7, 11) is 0. The summed E-state index contributed by atoms with van der Waals surface area (Å²) in [5.41, 5.74) is -0.621. The molecule has 2 saturated heterocycles. The normalized spacial score (nSPS) is 31.4.